The fourth-order valence-corrected chi connectivity index (χ4v) is 2.37. The van der Waals surface area contributed by atoms with Gasteiger partial charge in [-0.05, 0) is 25.5 Å². The third-order valence-electron chi connectivity index (χ3n) is 3.68. The van der Waals surface area contributed by atoms with Gasteiger partial charge in [-0.25, -0.2) is 9.98 Å². The van der Waals surface area contributed by atoms with Crippen LogP contribution >= 0.6 is 0 Å². The number of alkyl halides is 6. The van der Waals surface area contributed by atoms with Crippen LogP contribution in [0.2, 0.25) is 0 Å². The maximum Gasteiger partial charge on any atom is 0.433 e. The van der Waals surface area contributed by atoms with Crippen LogP contribution in [0.25, 0.3) is 0 Å². The summed E-state index contributed by atoms with van der Waals surface area (Å²) in [5, 5.41) is 9.75. The van der Waals surface area contributed by atoms with Crippen molar-refractivity contribution in [2.24, 2.45) is 4.99 Å². The topological polar surface area (TPSA) is 63.9 Å². The number of hydrogen-bond donors (Lipinski definition) is 1. The fraction of sp³-hybridized carbons (Fsp3) is 0.600. The lowest BCUT2D eigenvalue weighted by Gasteiger charge is -2.27. The van der Waals surface area contributed by atoms with Gasteiger partial charge in [-0.3, -0.25) is 0 Å². The zero-order valence-electron chi connectivity index (χ0n) is 13.7. The lowest BCUT2D eigenvalue weighted by Crippen LogP contribution is -2.32. The Hall–Kier alpha value is -1.88. The van der Waals surface area contributed by atoms with Crippen LogP contribution < -0.4 is 0 Å². The largest absolute Gasteiger partial charge is 0.448 e. The van der Waals surface area contributed by atoms with E-state index in [-0.39, 0.29) is 12.5 Å². The summed E-state index contributed by atoms with van der Waals surface area (Å²) in [7, 11) is 1.44. The number of halogens is 6. The van der Waals surface area contributed by atoms with E-state index in [1.807, 2.05) is 0 Å². The van der Waals surface area contributed by atoms with E-state index in [1.165, 1.54) is 7.11 Å². The van der Waals surface area contributed by atoms with Gasteiger partial charge in [0.2, 0.25) is 12.2 Å². The van der Waals surface area contributed by atoms with E-state index < -0.39 is 47.5 Å². The SMILES string of the molecule is COC(C)CC1CC(O)OC(c2cc(C(F)(F)F)nc(C(F)(F)F)c2)=N1. The van der Waals surface area contributed by atoms with E-state index in [9.17, 15) is 31.4 Å². The molecular formula is C15H16F6N2O3. The van der Waals surface area contributed by atoms with Crippen molar-refractivity contribution in [1.29, 1.82) is 0 Å². The Balaban J connectivity index is 2.48. The lowest BCUT2D eigenvalue weighted by atomic mass is 10.1. The maximum absolute atomic E-state index is 12.9. The second kappa shape index (κ2) is 7.39. The monoisotopic (exact) mass is 386 g/mol. The Labute approximate surface area is 144 Å². The first-order chi connectivity index (χ1) is 11.9. The molecule has 2 heterocycles. The zero-order valence-corrected chi connectivity index (χ0v) is 13.7. The number of methoxy groups -OCH3 is 1. The lowest BCUT2D eigenvalue weighted by molar-refractivity contribution is -0.150. The first kappa shape index (κ1) is 20.4. The molecule has 5 nitrogen and oxygen atoms in total. The molecule has 3 atom stereocenters. The third-order valence-corrected chi connectivity index (χ3v) is 3.68. The zero-order chi connectivity index (χ0) is 19.7. The van der Waals surface area contributed by atoms with Crippen molar-refractivity contribution < 1.29 is 40.9 Å². The van der Waals surface area contributed by atoms with E-state index in [1.54, 1.807) is 6.92 Å². The number of hydrogen-bond acceptors (Lipinski definition) is 5. The summed E-state index contributed by atoms with van der Waals surface area (Å²) < 4.78 is 87.4. The van der Waals surface area contributed by atoms with Gasteiger partial charge < -0.3 is 14.6 Å². The summed E-state index contributed by atoms with van der Waals surface area (Å²) in [6, 6.07) is 0.229. The molecule has 0 aromatic carbocycles. The van der Waals surface area contributed by atoms with Gasteiger partial charge >= 0.3 is 12.4 Å². The molecule has 0 amide bonds. The van der Waals surface area contributed by atoms with Crippen molar-refractivity contribution in [2.45, 2.75) is 50.6 Å². The van der Waals surface area contributed by atoms with Gasteiger partial charge in [-0.15, -0.1) is 0 Å². The Bertz CT molecular complexity index is 642. The maximum atomic E-state index is 12.9. The molecule has 1 aromatic rings. The molecule has 3 unspecified atom stereocenters. The van der Waals surface area contributed by atoms with Gasteiger partial charge in [-0.1, -0.05) is 0 Å². The Morgan fingerprint density at radius 1 is 1.19 bits per heavy atom. The molecule has 0 bridgehead atoms. The number of rotatable bonds is 4. The molecule has 0 saturated carbocycles. The molecule has 26 heavy (non-hydrogen) atoms. The minimum atomic E-state index is -5.09. The smallest absolute Gasteiger partial charge is 0.433 e. The average molecular weight is 386 g/mol. The van der Waals surface area contributed by atoms with Crippen LogP contribution in [-0.2, 0) is 21.8 Å². The molecule has 0 saturated heterocycles. The normalized spacial score (nSPS) is 22.6. The Morgan fingerprint density at radius 3 is 2.19 bits per heavy atom. The van der Waals surface area contributed by atoms with E-state index >= 15 is 0 Å². The van der Waals surface area contributed by atoms with Crippen LogP contribution in [0.5, 0.6) is 0 Å². The van der Waals surface area contributed by atoms with E-state index in [0.29, 0.717) is 18.6 Å². The molecule has 1 N–H and O–H groups in total. The van der Waals surface area contributed by atoms with Crippen LogP contribution in [0, 0.1) is 0 Å². The number of aromatic nitrogens is 1. The third kappa shape index (κ3) is 5.07. The van der Waals surface area contributed by atoms with Gasteiger partial charge in [0.05, 0.1) is 12.1 Å². The molecule has 11 heteroatoms. The molecule has 0 spiro atoms. The Kier molecular flexibility index (Phi) is 5.81. The molecule has 2 rings (SSSR count). The van der Waals surface area contributed by atoms with Gasteiger partial charge in [0.1, 0.15) is 11.4 Å². The molecule has 146 valence electrons. The molecule has 1 aliphatic rings. The number of pyridine rings is 1. The van der Waals surface area contributed by atoms with E-state index in [0.717, 1.165) is 0 Å². The second-order valence-corrected chi connectivity index (χ2v) is 5.80. The van der Waals surface area contributed by atoms with Crippen molar-refractivity contribution in [3.63, 3.8) is 0 Å². The molecular weight excluding hydrogens is 370 g/mol. The number of ether oxygens (including phenoxy) is 2. The minimum Gasteiger partial charge on any atom is -0.448 e. The standard InChI is InChI=1S/C15H16F6N2O3/c1-7(25-2)3-9-6-12(24)26-13(22-9)8-4-10(14(16,17)18)23-11(5-8)15(19,20)21/h4-5,7,9,12,24H,3,6H2,1-2H3. The van der Waals surface area contributed by atoms with Crippen LogP contribution in [0.3, 0.4) is 0 Å². The molecule has 1 aliphatic heterocycles. The summed E-state index contributed by atoms with van der Waals surface area (Å²) in [4.78, 5) is 6.66. The number of aliphatic hydroxyl groups excluding tert-OH is 1. The Morgan fingerprint density at radius 2 is 1.73 bits per heavy atom. The van der Waals surface area contributed by atoms with Crippen molar-refractivity contribution >= 4 is 5.90 Å². The second-order valence-electron chi connectivity index (χ2n) is 5.80. The van der Waals surface area contributed by atoms with Crippen LogP contribution in [0.15, 0.2) is 17.1 Å². The van der Waals surface area contributed by atoms with Crippen LogP contribution in [0.1, 0.15) is 36.7 Å². The van der Waals surface area contributed by atoms with Crippen molar-refractivity contribution in [3.8, 4) is 0 Å². The van der Waals surface area contributed by atoms with Gasteiger partial charge in [0, 0.05) is 19.1 Å². The van der Waals surface area contributed by atoms with Crippen molar-refractivity contribution in [3.05, 3.63) is 29.1 Å². The van der Waals surface area contributed by atoms with Gasteiger partial charge in [0.15, 0.2) is 0 Å². The number of aliphatic imine (C=N–C) groups is 1. The van der Waals surface area contributed by atoms with E-state index in [4.69, 9.17) is 9.47 Å². The predicted octanol–water partition coefficient (Wildman–Crippen LogP) is 3.40. The van der Waals surface area contributed by atoms with Crippen molar-refractivity contribution in [1.82, 2.24) is 4.98 Å². The summed E-state index contributed by atoms with van der Waals surface area (Å²) in [5.74, 6) is -0.504. The molecule has 1 aromatic heterocycles. The first-order valence-corrected chi connectivity index (χ1v) is 7.52. The quantitative estimate of drug-likeness (QED) is 0.806. The highest BCUT2D eigenvalue weighted by Crippen LogP contribution is 2.34. The molecule has 0 aliphatic carbocycles. The average Bonchev–Trinajstić information content (AvgIpc) is 2.52. The first-order valence-electron chi connectivity index (χ1n) is 7.52. The highest BCUT2D eigenvalue weighted by atomic mass is 19.4. The van der Waals surface area contributed by atoms with Gasteiger partial charge in [0.25, 0.3) is 0 Å². The van der Waals surface area contributed by atoms with Crippen LogP contribution in [-0.4, -0.2) is 41.5 Å². The number of nitrogens with zero attached hydrogens (tertiary/aromatic N) is 2. The summed E-state index contributed by atoms with van der Waals surface area (Å²) in [5.41, 5.74) is -4.01. The number of aliphatic hydroxyl groups is 1. The summed E-state index contributed by atoms with van der Waals surface area (Å²) in [6.07, 6.45) is -11.5. The van der Waals surface area contributed by atoms with Crippen LogP contribution in [0.4, 0.5) is 26.3 Å². The highest BCUT2D eigenvalue weighted by molar-refractivity contribution is 5.95. The van der Waals surface area contributed by atoms with E-state index in [2.05, 4.69) is 9.98 Å². The summed E-state index contributed by atoms with van der Waals surface area (Å²) >= 11 is 0. The highest BCUT2D eigenvalue weighted by Gasteiger charge is 2.40. The molecule has 0 radical (unpaired) electrons. The fourth-order valence-electron chi connectivity index (χ4n) is 2.37. The predicted molar refractivity (Wildman–Crippen MR) is 77.4 cm³/mol. The molecule has 0 fully saturated rings. The minimum absolute atomic E-state index is 0.0422. The van der Waals surface area contributed by atoms with Crippen molar-refractivity contribution in [2.75, 3.05) is 7.11 Å². The summed E-state index contributed by atoms with van der Waals surface area (Å²) in [6.45, 7) is 1.72. The van der Waals surface area contributed by atoms with Gasteiger partial charge in [-0.2, -0.15) is 26.3 Å².